The molecule has 0 radical (unpaired) electrons. The Hall–Kier alpha value is -3.02. The first-order valence-corrected chi connectivity index (χ1v) is 28.3. The Morgan fingerprint density at radius 2 is 0.918 bits per heavy atom. The summed E-state index contributed by atoms with van der Waals surface area (Å²) in [4.78, 5) is 0. The van der Waals surface area contributed by atoms with Gasteiger partial charge in [0.25, 0.3) is 0 Å². The molecule has 32 heteroatoms. The van der Waals surface area contributed by atoms with Gasteiger partial charge in [-0.15, -0.1) is 0 Å². The molecule has 2 fully saturated rings. The molecule has 32 nitrogen and oxygen atoms in total. The Morgan fingerprint density at radius 1 is 0.424 bits per heavy atom. The minimum absolute atomic E-state index is 0.00397. The van der Waals surface area contributed by atoms with Gasteiger partial charge in [-0.05, 0) is 40.0 Å². The van der Waals surface area contributed by atoms with Crippen LogP contribution in [0.4, 0.5) is 0 Å². The Balaban J connectivity index is 2.89. The van der Waals surface area contributed by atoms with Crippen molar-refractivity contribution >= 4 is 0 Å². The van der Waals surface area contributed by atoms with Crippen LogP contribution >= 0.6 is 0 Å². The van der Waals surface area contributed by atoms with Gasteiger partial charge in [0, 0.05) is 38.6 Å². The fraction of sp³-hybridized carbons (Fsp3) is 0.887. The summed E-state index contributed by atoms with van der Waals surface area (Å²) in [5, 5.41) is 182. The summed E-state index contributed by atoms with van der Waals surface area (Å²) < 4.78 is 86.4. The van der Waals surface area contributed by atoms with Gasteiger partial charge in [-0.1, -0.05) is 13.8 Å². The summed E-state index contributed by atoms with van der Waals surface area (Å²) in [6.45, 7) is 1.79. The molecule has 0 saturated carbocycles. The zero-order valence-corrected chi connectivity index (χ0v) is 49.3. The Bertz CT molecular complexity index is 1820. The number of aliphatic hydroxyl groups excluding tert-OH is 17. The second kappa shape index (κ2) is 43.6. The fourth-order valence-corrected chi connectivity index (χ4v) is 8.63. The van der Waals surface area contributed by atoms with Crippen LogP contribution in [0.2, 0.25) is 0 Å². The maximum atomic E-state index is 12.1. The number of ether oxygens (including phenoxy) is 15. The summed E-state index contributed by atoms with van der Waals surface area (Å²) in [6.07, 6.45) is -30.0. The molecule has 6 unspecified atom stereocenters. The van der Waals surface area contributed by atoms with E-state index in [9.17, 15) is 81.7 Å². The number of rotatable bonds is 48. The second-order valence-corrected chi connectivity index (χ2v) is 20.1. The number of allylic oxidation sites excluding steroid dienone is 1. The quantitative estimate of drug-likeness (QED) is 0.0157. The SMILES string of the molecule is CC(C)O[C@@H]1OC(COCCO)[C@H](O[C@@H]2OC(CO[C@@H](CCOCCO)/C(O)=C(\OCCO)[C@@H](O)OC(C)C)[C@H](O[C@H](O)/C(OCCO)=C(\O)[C@H](CCO)O[C@H](O)/C(OCCO)=C(\O)[C@@H](CCOCCO)C(C)C)C(O)C2O)C(O)C1OCCO. The van der Waals surface area contributed by atoms with Gasteiger partial charge in [-0.3, -0.25) is 0 Å². The van der Waals surface area contributed by atoms with Crippen LogP contribution in [0.3, 0.4) is 0 Å². The van der Waals surface area contributed by atoms with Crippen molar-refractivity contribution in [1.29, 1.82) is 0 Å². The molecule has 0 aromatic rings. The third-order valence-corrected chi connectivity index (χ3v) is 12.5. The standard InChI is InChI=1S/C53H98O32/c1-29(2)32(8-18-71-20-11-55)37(62)45(74-23-14-58)50(69)81-34(7-10-54)39(64)47(76-25-16-60)51(70)84-43-36(28-78-33(9-19-72-21-12-56)38(63)46(75-24-15-59)49(68)79-30(3)4)82-52(41(66)40(43)65)85-44-35(27-73-22-13-57)83-53(80-31(5)6)48(42(44)67)77-26-17-61/h29-36,40-44,48-70H,7-28H2,1-6H3/b45-37+,46-38+,47-39+/t32-,33-,34-,35?,36?,40?,41?,42?,43-,44-,48?,49-,50-,51-,52-,53+/m0/s1. The average molecular weight is 1250 g/mol. The van der Waals surface area contributed by atoms with Crippen LogP contribution in [0.15, 0.2) is 34.6 Å². The molecule has 2 aliphatic rings. The predicted octanol–water partition coefficient (Wildman–Crippen LogP) is -3.96. The lowest BCUT2D eigenvalue weighted by atomic mass is 9.90. The zero-order valence-electron chi connectivity index (χ0n) is 49.3. The van der Waals surface area contributed by atoms with Crippen molar-refractivity contribution in [2.45, 2.75) is 166 Å². The van der Waals surface area contributed by atoms with Gasteiger partial charge in [0.1, 0.15) is 86.6 Å². The van der Waals surface area contributed by atoms with Crippen molar-refractivity contribution in [3.8, 4) is 0 Å². The number of aliphatic hydroxyl groups is 17. The van der Waals surface area contributed by atoms with Crippen molar-refractivity contribution in [2.24, 2.45) is 11.8 Å². The van der Waals surface area contributed by atoms with Crippen LogP contribution in [0.1, 0.15) is 60.8 Å². The average Bonchev–Trinajstić information content (AvgIpc) is 2.16. The highest BCUT2D eigenvalue weighted by Gasteiger charge is 2.53. The molecule has 2 saturated heterocycles. The van der Waals surface area contributed by atoms with Gasteiger partial charge in [-0.2, -0.15) is 0 Å². The lowest BCUT2D eigenvalue weighted by molar-refractivity contribution is -0.372. The lowest BCUT2D eigenvalue weighted by Gasteiger charge is -2.48. The predicted molar refractivity (Wildman–Crippen MR) is 288 cm³/mol. The first-order chi connectivity index (χ1) is 40.6. The molecule has 502 valence electrons. The van der Waals surface area contributed by atoms with E-state index in [1.807, 2.05) is 0 Å². The summed E-state index contributed by atoms with van der Waals surface area (Å²) >= 11 is 0. The van der Waals surface area contributed by atoms with E-state index in [-0.39, 0.29) is 71.6 Å². The molecule has 2 aliphatic heterocycles. The Kier molecular flexibility index (Phi) is 40.1. The van der Waals surface area contributed by atoms with Gasteiger partial charge in [0.05, 0.1) is 98.1 Å². The third kappa shape index (κ3) is 26.5. The van der Waals surface area contributed by atoms with Crippen LogP contribution in [-0.2, 0) is 71.1 Å². The topological polar surface area (TPSA) is 482 Å². The van der Waals surface area contributed by atoms with Gasteiger partial charge >= 0.3 is 0 Å². The lowest BCUT2D eigenvalue weighted by Crippen LogP contribution is -2.66. The van der Waals surface area contributed by atoms with Crippen molar-refractivity contribution in [3.63, 3.8) is 0 Å². The molecule has 0 bridgehead atoms. The van der Waals surface area contributed by atoms with E-state index in [2.05, 4.69) is 0 Å². The van der Waals surface area contributed by atoms with Gasteiger partial charge in [0.2, 0.25) is 18.9 Å². The normalized spacial score (nSPS) is 26.2. The zero-order chi connectivity index (χ0) is 63.6. The highest BCUT2D eigenvalue weighted by molar-refractivity contribution is 5.13. The van der Waals surface area contributed by atoms with Crippen molar-refractivity contribution in [2.75, 3.05) is 126 Å². The summed E-state index contributed by atoms with van der Waals surface area (Å²) in [6, 6.07) is 0. The van der Waals surface area contributed by atoms with Crippen molar-refractivity contribution < 1.29 is 158 Å². The molecule has 0 amide bonds. The molecule has 0 aromatic carbocycles. The van der Waals surface area contributed by atoms with Crippen LogP contribution in [0.25, 0.3) is 0 Å². The van der Waals surface area contributed by atoms with Crippen LogP contribution in [-0.4, -0.2) is 317 Å². The first kappa shape index (κ1) is 78.1. The maximum absolute atomic E-state index is 12.1. The van der Waals surface area contributed by atoms with E-state index < -0.39 is 224 Å². The molecular formula is C53H98O32. The molecular weight excluding hydrogens is 1150 g/mol. The van der Waals surface area contributed by atoms with Crippen LogP contribution in [0, 0.1) is 11.8 Å². The summed E-state index contributed by atoms with van der Waals surface area (Å²) in [7, 11) is 0. The highest BCUT2D eigenvalue weighted by atomic mass is 16.8. The first-order valence-electron chi connectivity index (χ1n) is 28.3. The summed E-state index contributed by atoms with van der Waals surface area (Å²) in [5.74, 6) is -5.83. The minimum Gasteiger partial charge on any atom is -0.508 e. The highest BCUT2D eigenvalue weighted by Crippen LogP contribution is 2.35. The Morgan fingerprint density at radius 3 is 1.45 bits per heavy atom. The molecule has 0 aliphatic carbocycles. The van der Waals surface area contributed by atoms with E-state index in [0.29, 0.717) is 0 Å². The number of hydrogen-bond donors (Lipinski definition) is 17. The largest absolute Gasteiger partial charge is 0.508 e. The molecule has 85 heavy (non-hydrogen) atoms. The van der Waals surface area contributed by atoms with Crippen LogP contribution < -0.4 is 0 Å². The minimum atomic E-state index is -2.59. The van der Waals surface area contributed by atoms with E-state index in [0.717, 1.165) is 0 Å². The second-order valence-electron chi connectivity index (χ2n) is 20.1. The molecule has 17 N–H and O–H groups in total. The Labute approximate surface area is 494 Å². The van der Waals surface area contributed by atoms with Gasteiger partial charge in [-0.25, -0.2) is 0 Å². The monoisotopic (exact) mass is 1250 g/mol. The van der Waals surface area contributed by atoms with E-state index in [1.165, 1.54) is 0 Å². The number of hydrogen-bond acceptors (Lipinski definition) is 32. The smallest absolute Gasteiger partial charge is 0.218 e. The van der Waals surface area contributed by atoms with Gasteiger partial charge < -0.3 is 158 Å². The fourth-order valence-electron chi connectivity index (χ4n) is 8.63. The molecule has 2 heterocycles. The van der Waals surface area contributed by atoms with Crippen molar-refractivity contribution in [1.82, 2.24) is 0 Å². The van der Waals surface area contributed by atoms with E-state index in [1.54, 1.807) is 41.5 Å². The summed E-state index contributed by atoms with van der Waals surface area (Å²) in [5.41, 5.74) is 0. The van der Waals surface area contributed by atoms with Crippen molar-refractivity contribution in [3.05, 3.63) is 34.6 Å². The van der Waals surface area contributed by atoms with Gasteiger partial charge in [0.15, 0.2) is 41.4 Å². The van der Waals surface area contributed by atoms with Crippen LogP contribution in [0.5, 0.6) is 0 Å². The van der Waals surface area contributed by atoms with E-state index >= 15 is 0 Å². The molecule has 0 spiro atoms. The maximum Gasteiger partial charge on any atom is 0.218 e. The molecule has 2 rings (SSSR count). The molecule has 0 aromatic heterocycles. The third-order valence-electron chi connectivity index (χ3n) is 12.5. The molecule has 16 atom stereocenters. The van der Waals surface area contributed by atoms with E-state index in [4.69, 9.17) is 76.2 Å².